The fraction of sp³-hybridized carbons (Fsp3) is 0.533. The van der Waals surface area contributed by atoms with E-state index in [1.165, 1.54) is 0 Å². The minimum Gasteiger partial charge on any atom is -0.497 e. The summed E-state index contributed by atoms with van der Waals surface area (Å²) in [7, 11) is 3.56. The van der Waals surface area contributed by atoms with Crippen LogP contribution in [0.1, 0.15) is 12.8 Å². The van der Waals surface area contributed by atoms with Crippen LogP contribution in [0.15, 0.2) is 24.3 Å². The number of nitrogens with zero attached hydrogens (tertiary/aromatic N) is 1. The first kappa shape index (κ1) is 14.7. The number of ether oxygens (including phenoxy) is 2. The summed E-state index contributed by atoms with van der Waals surface area (Å²) in [6.07, 6.45) is 2.24. The smallest absolute Gasteiger partial charge is 0.234 e. The van der Waals surface area contributed by atoms with E-state index < -0.39 is 0 Å². The highest BCUT2D eigenvalue weighted by Gasteiger charge is 2.23. The van der Waals surface area contributed by atoms with Gasteiger partial charge in [-0.25, -0.2) is 0 Å². The highest BCUT2D eigenvalue weighted by atomic mass is 16.5. The topological polar surface area (TPSA) is 50.8 Å². The molecule has 1 N–H and O–H groups in total. The SMILES string of the molecule is COc1ccc(OCCN(C)CC(=O)NC2CC2)cc1. The Morgan fingerprint density at radius 1 is 1.30 bits per heavy atom. The number of likely N-dealkylation sites (N-methyl/N-ethyl adjacent to an activating group) is 1. The molecule has 1 fully saturated rings. The van der Waals surface area contributed by atoms with E-state index in [0.717, 1.165) is 24.3 Å². The standard InChI is InChI=1S/C15H22N2O3/c1-17(11-15(18)16-12-3-4-12)9-10-20-14-7-5-13(19-2)6-8-14/h5-8,12H,3-4,9-11H2,1-2H3,(H,16,18). The second-order valence-electron chi connectivity index (χ2n) is 5.10. The predicted octanol–water partition coefficient (Wildman–Crippen LogP) is 1.28. The molecule has 0 aromatic heterocycles. The van der Waals surface area contributed by atoms with Crippen LogP contribution in [0.5, 0.6) is 11.5 Å². The summed E-state index contributed by atoms with van der Waals surface area (Å²) in [4.78, 5) is 13.6. The summed E-state index contributed by atoms with van der Waals surface area (Å²) < 4.78 is 10.7. The van der Waals surface area contributed by atoms with E-state index in [1.54, 1.807) is 7.11 Å². The van der Waals surface area contributed by atoms with Crippen molar-refractivity contribution >= 4 is 5.91 Å². The van der Waals surface area contributed by atoms with Crippen molar-refractivity contribution in [1.29, 1.82) is 0 Å². The average Bonchev–Trinajstić information content (AvgIpc) is 3.23. The summed E-state index contributed by atoms with van der Waals surface area (Å²) in [5, 5.41) is 2.97. The van der Waals surface area contributed by atoms with E-state index in [1.807, 2.05) is 36.2 Å². The quantitative estimate of drug-likeness (QED) is 0.778. The number of carbonyl (C=O) groups excluding carboxylic acids is 1. The van der Waals surface area contributed by atoms with Gasteiger partial charge in [0, 0.05) is 12.6 Å². The molecule has 5 heteroatoms. The molecule has 20 heavy (non-hydrogen) atoms. The third-order valence-electron chi connectivity index (χ3n) is 3.16. The van der Waals surface area contributed by atoms with E-state index in [2.05, 4.69) is 5.32 Å². The third-order valence-corrected chi connectivity index (χ3v) is 3.16. The maximum atomic E-state index is 11.6. The van der Waals surface area contributed by atoms with Crippen molar-refractivity contribution in [1.82, 2.24) is 10.2 Å². The Morgan fingerprint density at radius 2 is 1.95 bits per heavy atom. The molecule has 0 saturated heterocycles. The summed E-state index contributed by atoms with van der Waals surface area (Å²) in [6, 6.07) is 7.90. The summed E-state index contributed by atoms with van der Waals surface area (Å²) >= 11 is 0. The van der Waals surface area contributed by atoms with Crippen LogP contribution in [0.4, 0.5) is 0 Å². The van der Waals surface area contributed by atoms with E-state index in [-0.39, 0.29) is 5.91 Å². The first-order valence-corrected chi connectivity index (χ1v) is 6.92. The fourth-order valence-electron chi connectivity index (χ4n) is 1.82. The maximum Gasteiger partial charge on any atom is 0.234 e. The largest absolute Gasteiger partial charge is 0.497 e. The van der Waals surface area contributed by atoms with E-state index >= 15 is 0 Å². The number of amides is 1. The molecule has 0 heterocycles. The molecule has 1 saturated carbocycles. The monoisotopic (exact) mass is 278 g/mol. The second-order valence-corrected chi connectivity index (χ2v) is 5.10. The molecule has 110 valence electrons. The van der Waals surface area contributed by atoms with Crippen molar-refractivity contribution < 1.29 is 14.3 Å². The first-order chi connectivity index (χ1) is 9.67. The zero-order valence-corrected chi connectivity index (χ0v) is 12.1. The molecule has 0 unspecified atom stereocenters. The Labute approximate surface area is 119 Å². The van der Waals surface area contributed by atoms with Crippen LogP contribution >= 0.6 is 0 Å². The van der Waals surface area contributed by atoms with Gasteiger partial charge >= 0.3 is 0 Å². The number of carbonyl (C=O) groups is 1. The van der Waals surface area contributed by atoms with Gasteiger partial charge in [0.25, 0.3) is 0 Å². The maximum absolute atomic E-state index is 11.6. The third kappa shape index (κ3) is 5.09. The zero-order chi connectivity index (χ0) is 14.4. The molecule has 1 aliphatic carbocycles. The lowest BCUT2D eigenvalue weighted by atomic mass is 10.3. The zero-order valence-electron chi connectivity index (χ0n) is 12.1. The molecule has 0 spiro atoms. The molecular weight excluding hydrogens is 256 g/mol. The minimum absolute atomic E-state index is 0.0967. The molecule has 5 nitrogen and oxygen atoms in total. The van der Waals surface area contributed by atoms with E-state index in [9.17, 15) is 4.79 Å². The van der Waals surface area contributed by atoms with Gasteiger partial charge in [0.15, 0.2) is 0 Å². The van der Waals surface area contributed by atoms with Crippen LogP contribution in [0.2, 0.25) is 0 Å². The van der Waals surface area contributed by atoms with Crippen LogP contribution in [0, 0.1) is 0 Å². The molecule has 0 atom stereocenters. The molecular formula is C15H22N2O3. The van der Waals surface area contributed by atoms with Gasteiger partial charge in [-0.05, 0) is 44.2 Å². The lowest BCUT2D eigenvalue weighted by Gasteiger charge is -2.16. The van der Waals surface area contributed by atoms with Crippen LogP contribution < -0.4 is 14.8 Å². The number of methoxy groups -OCH3 is 1. The normalized spacial score (nSPS) is 14.2. The van der Waals surface area contributed by atoms with E-state index in [0.29, 0.717) is 25.7 Å². The lowest BCUT2D eigenvalue weighted by molar-refractivity contribution is -0.122. The molecule has 1 amide bonds. The summed E-state index contributed by atoms with van der Waals surface area (Å²) in [5.74, 6) is 1.72. The molecule has 1 aliphatic rings. The lowest BCUT2D eigenvalue weighted by Crippen LogP contribution is -2.37. The highest BCUT2D eigenvalue weighted by Crippen LogP contribution is 2.18. The second kappa shape index (κ2) is 7.14. The molecule has 2 rings (SSSR count). The predicted molar refractivity (Wildman–Crippen MR) is 77.2 cm³/mol. The Bertz CT molecular complexity index is 429. The number of hydrogen-bond donors (Lipinski definition) is 1. The molecule has 1 aromatic rings. The van der Waals surface area contributed by atoms with Crippen molar-refractivity contribution in [3.63, 3.8) is 0 Å². The van der Waals surface area contributed by atoms with Crippen LogP contribution in [-0.4, -0.2) is 50.7 Å². The van der Waals surface area contributed by atoms with Gasteiger partial charge in [0.1, 0.15) is 18.1 Å². The van der Waals surface area contributed by atoms with E-state index in [4.69, 9.17) is 9.47 Å². The van der Waals surface area contributed by atoms with Gasteiger partial charge in [-0.2, -0.15) is 0 Å². The first-order valence-electron chi connectivity index (χ1n) is 6.92. The Balaban J connectivity index is 1.62. The number of benzene rings is 1. The average molecular weight is 278 g/mol. The van der Waals surface area contributed by atoms with Crippen LogP contribution in [-0.2, 0) is 4.79 Å². The van der Waals surface area contributed by atoms with Gasteiger partial charge in [0.05, 0.1) is 13.7 Å². The van der Waals surface area contributed by atoms with Gasteiger partial charge in [0.2, 0.25) is 5.91 Å². The minimum atomic E-state index is 0.0967. The molecule has 0 aliphatic heterocycles. The number of nitrogens with one attached hydrogen (secondary N) is 1. The van der Waals surface area contributed by atoms with Crippen molar-refractivity contribution in [2.24, 2.45) is 0 Å². The van der Waals surface area contributed by atoms with Crippen LogP contribution in [0.3, 0.4) is 0 Å². The molecule has 0 radical (unpaired) electrons. The van der Waals surface area contributed by atoms with Crippen molar-refractivity contribution in [3.05, 3.63) is 24.3 Å². The Morgan fingerprint density at radius 3 is 2.55 bits per heavy atom. The van der Waals surface area contributed by atoms with Crippen molar-refractivity contribution in [2.45, 2.75) is 18.9 Å². The Kier molecular flexibility index (Phi) is 5.24. The van der Waals surface area contributed by atoms with Crippen molar-refractivity contribution in [2.75, 3.05) is 33.9 Å². The van der Waals surface area contributed by atoms with Gasteiger partial charge < -0.3 is 14.8 Å². The van der Waals surface area contributed by atoms with Crippen LogP contribution in [0.25, 0.3) is 0 Å². The molecule has 0 bridgehead atoms. The summed E-state index contributed by atoms with van der Waals surface area (Å²) in [5.41, 5.74) is 0. The molecule has 1 aromatic carbocycles. The number of hydrogen-bond acceptors (Lipinski definition) is 4. The highest BCUT2D eigenvalue weighted by molar-refractivity contribution is 5.78. The number of rotatable bonds is 8. The Hall–Kier alpha value is -1.75. The fourth-order valence-corrected chi connectivity index (χ4v) is 1.82. The summed E-state index contributed by atoms with van der Waals surface area (Å²) in [6.45, 7) is 1.69. The van der Waals surface area contributed by atoms with Crippen molar-refractivity contribution in [3.8, 4) is 11.5 Å². The van der Waals surface area contributed by atoms with Gasteiger partial charge in [-0.1, -0.05) is 0 Å². The van der Waals surface area contributed by atoms with Gasteiger partial charge in [-0.15, -0.1) is 0 Å². The van der Waals surface area contributed by atoms with Gasteiger partial charge in [-0.3, -0.25) is 9.69 Å².